The van der Waals surface area contributed by atoms with E-state index >= 15 is 0 Å². The predicted octanol–water partition coefficient (Wildman–Crippen LogP) is -0.0837. The van der Waals surface area contributed by atoms with Gasteiger partial charge in [0, 0.05) is 42.1 Å². The van der Waals surface area contributed by atoms with Crippen LogP contribution in [0.3, 0.4) is 0 Å². The van der Waals surface area contributed by atoms with E-state index in [0.717, 1.165) is 17.1 Å². The SMILES string of the molecule is C=CCON=C(C(=O)NC1C(=O)N2C(C(=O)O)=C(C[n+]3ccc(COCCOC)cc3)CS[C@@H]12)c1nsc(N)n1. The first kappa shape index (κ1) is 29.1. The highest BCUT2D eigenvalue weighted by molar-refractivity contribution is 8.00. The fourth-order valence-electron chi connectivity index (χ4n) is 3.93. The molecule has 0 spiro atoms. The number of nitrogens with two attached hydrogens (primary N) is 1. The number of thioether (sulfide) groups is 1. The van der Waals surface area contributed by atoms with E-state index < -0.39 is 29.2 Å². The van der Waals surface area contributed by atoms with Crippen molar-refractivity contribution >= 4 is 51.9 Å². The summed E-state index contributed by atoms with van der Waals surface area (Å²) in [5, 5.41) is 15.9. The summed E-state index contributed by atoms with van der Waals surface area (Å²) in [5.74, 6) is -2.23. The van der Waals surface area contributed by atoms with Crippen molar-refractivity contribution in [3.8, 4) is 0 Å². The Morgan fingerprint density at radius 2 is 2.15 bits per heavy atom. The molecule has 0 saturated carbocycles. The minimum absolute atomic E-state index is 0.0312. The van der Waals surface area contributed by atoms with Crippen LogP contribution < -0.4 is 15.6 Å². The Labute approximate surface area is 237 Å². The molecule has 0 aliphatic carbocycles. The van der Waals surface area contributed by atoms with E-state index in [4.69, 9.17) is 20.0 Å². The number of carboxylic acids is 1. The summed E-state index contributed by atoms with van der Waals surface area (Å²) in [5.41, 5.74) is 6.82. The van der Waals surface area contributed by atoms with Gasteiger partial charge in [-0.15, -0.1) is 11.8 Å². The third-order valence-electron chi connectivity index (χ3n) is 5.79. The molecule has 212 valence electrons. The fraction of sp³-hybridized carbons (Fsp3) is 0.375. The Morgan fingerprint density at radius 3 is 2.80 bits per heavy atom. The number of hydrogen-bond donors (Lipinski definition) is 3. The average molecular weight is 591 g/mol. The number of carbonyl (C=O) groups is 3. The van der Waals surface area contributed by atoms with Gasteiger partial charge in [0.1, 0.15) is 23.7 Å². The first-order valence-electron chi connectivity index (χ1n) is 12.0. The summed E-state index contributed by atoms with van der Waals surface area (Å²) in [4.78, 5) is 48.6. The van der Waals surface area contributed by atoms with Gasteiger partial charge in [0.05, 0.1) is 19.8 Å². The van der Waals surface area contributed by atoms with Crippen molar-refractivity contribution in [2.24, 2.45) is 5.16 Å². The number of hydrogen-bond acceptors (Lipinski definition) is 12. The number of pyridine rings is 1. The molecule has 14 nitrogen and oxygen atoms in total. The van der Waals surface area contributed by atoms with E-state index in [-0.39, 0.29) is 35.5 Å². The number of nitrogen functional groups attached to an aromatic ring is 1. The van der Waals surface area contributed by atoms with Crippen molar-refractivity contribution in [3.05, 3.63) is 59.8 Å². The summed E-state index contributed by atoms with van der Waals surface area (Å²) in [7, 11) is 1.61. The summed E-state index contributed by atoms with van der Waals surface area (Å²) in [6.45, 7) is 5.25. The molecule has 0 bridgehead atoms. The van der Waals surface area contributed by atoms with E-state index in [1.807, 2.05) is 29.1 Å². The standard InChI is InChI=1S/C24H27N7O7S2/c1-3-8-38-28-16(19-27-24(25)40-29-19)20(32)26-17-21(33)31-18(23(34)35)15(13-39-22(17)31)11-30-6-4-14(5-7-30)12-37-10-9-36-2/h3-7,17,22H,1,8-13H2,2H3,(H3-,25,26,27,29,32,34,35)/p+1/t17?,22-/m0/s1. The number of fused-ring (bicyclic) bond motifs is 1. The number of anilines is 1. The largest absolute Gasteiger partial charge is 0.477 e. The quantitative estimate of drug-likeness (QED) is 0.0668. The van der Waals surface area contributed by atoms with Gasteiger partial charge in [-0.3, -0.25) is 14.5 Å². The van der Waals surface area contributed by atoms with Gasteiger partial charge < -0.3 is 30.5 Å². The number of oxime groups is 1. The first-order valence-corrected chi connectivity index (χ1v) is 13.8. The number of ether oxygens (including phenoxy) is 2. The summed E-state index contributed by atoms with van der Waals surface area (Å²) in [6.07, 6.45) is 5.10. The first-order chi connectivity index (χ1) is 19.3. The number of rotatable bonds is 14. The Hall–Kier alpha value is -3.86. The smallest absolute Gasteiger partial charge is 0.352 e. The number of nitrogens with zero attached hydrogens (tertiary/aromatic N) is 5. The number of methoxy groups -OCH3 is 1. The number of aromatic nitrogens is 3. The zero-order valence-electron chi connectivity index (χ0n) is 21.5. The molecule has 2 aliphatic rings. The molecule has 1 fully saturated rings. The van der Waals surface area contributed by atoms with Crippen molar-refractivity contribution < 1.29 is 38.4 Å². The van der Waals surface area contributed by atoms with Crippen molar-refractivity contribution in [3.63, 3.8) is 0 Å². The number of amides is 2. The molecule has 4 heterocycles. The number of β-lactam (4-membered cyclic amide) rings is 1. The third kappa shape index (κ3) is 6.64. The Bertz CT molecular complexity index is 1330. The minimum atomic E-state index is -1.22. The van der Waals surface area contributed by atoms with Crippen LogP contribution in [0.4, 0.5) is 5.13 Å². The highest BCUT2D eigenvalue weighted by Gasteiger charge is 2.54. The number of aliphatic carboxylic acids is 1. The Balaban J connectivity index is 1.45. The second-order valence-corrected chi connectivity index (χ2v) is 10.4. The summed E-state index contributed by atoms with van der Waals surface area (Å²) >= 11 is 2.23. The lowest BCUT2D eigenvalue weighted by Gasteiger charge is -2.49. The number of nitrogens with one attached hydrogen (secondary N) is 1. The third-order valence-corrected chi connectivity index (χ3v) is 7.67. The van der Waals surface area contributed by atoms with E-state index in [9.17, 15) is 19.5 Å². The monoisotopic (exact) mass is 590 g/mol. The minimum Gasteiger partial charge on any atom is -0.477 e. The van der Waals surface area contributed by atoms with Crippen molar-refractivity contribution in [2.45, 2.75) is 24.6 Å². The summed E-state index contributed by atoms with van der Waals surface area (Å²) in [6, 6.07) is 2.80. The molecular weight excluding hydrogens is 562 g/mol. The van der Waals surface area contributed by atoms with Crippen LogP contribution in [0.5, 0.6) is 0 Å². The van der Waals surface area contributed by atoms with E-state index in [1.54, 1.807) is 7.11 Å². The molecule has 40 heavy (non-hydrogen) atoms. The maximum atomic E-state index is 13.1. The number of carboxylic acid groups (broad SMARTS) is 1. The molecular formula is C24H28N7O7S2+. The molecule has 16 heteroatoms. The van der Waals surface area contributed by atoms with Gasteiger partial charge in [0.2, 0.25) is 11.5 Å². The van der Waals surface area contributed by atoms with Crippen LogP contribution in [-0.4, -0.2) is 87.0 Å². The highest BCUT2D eigenvalue weighted by atomic mass is 32.2. The average Bonchev–Trinajstić information content (AvgIpc) is 3.38. The van der Waals surface area contributed by atoms with Crippen molar-refractivity contribution in [1.29, 1.82) is 0 Å². The van der Waals surface area contributed by atoms with Crippen molar-refractivity contribution in [1.82, 2.24) is 19.6 Å². The van der Waals surface area contributed by atoms with Crippen molar-refractivity contribution in [2.75, 3.05) is 38.4 Å². The molecule has 1 unspecified atom stereocenters. The maximum absolute atomic E-state index is 13.1. The predicted molar refractivity (Wildman–Crippen MR) is 145 cm³/mol. The molecule has 1 saturated heterocycles. The van der Waals surface area contributed by atoms with E-state index in [0.29, 0.717) is 31.1 Å². The number of carbonyl (C=O) groups excluding carboxylic acids is 2. The second-order valence-electron chi connectivity index (χ2n) is 8.52. The van der Waals surface area contributed by atoms with Crippen LogP contribution in [-0.2, 0) is 41.8 Å². The van der Waals surface area contributed by atoms with Gasteiger partial charge in [-0.05, 0) is 5.56 Å². The van der Waals surface area contributed by atoms with E-state index in [1.165, 1.54) is 22.7 Å². The van der Waals surface area contributed by atoms with Crippen LogP contribution in [0.15, 0.2) is 53.6 Å². The van der Waals surface area contributed by atoms with Gasteiger partial charge in [0.15, 0.2) is 24.1 Å². The lowest BCUT2D eigenvalue weighted by molar-refractivity contribution is -0.689. The zero-order chi connectivity index (χ0) is 28.6. The Kier molecular flexibility index (Phi) is 9.81. The molecule has 4 N–H and O–H groups in total. The lowest BCUT2D eigenvalue weighted by Crippen LogP contribution is -2.71. The topological polar surface area (TPSA) is 182 Å². The van der Waals surface area contributed by atoms with Gasteiger partial charge in [-0.1, -0.05) is 17.8 Å². The Morgan fingerprint density at radius 1 is 1.38 bits per heavy atom. The molecule has 2 atom stereocenters. The van der Waals surface area contributed by atoms with Crippen LogP contribution in [0.25, 0.3) is 0 Å². The molecule has 2 aromatic heterocycles. The molecule has 2 aromatic rings. The molecule has 0 radical (unpaired) electrons. The van der Waals surface area contributed by atoms with Crippen LogP contribution >= 0.6 is 23.3 Å². The highest BCUT2D eigenvalue weighted by Crippen LogP contribution is 2.40. The molecule has 4 rings (SSSR count). The molecule has 2 aliphatic heterocycles. The van der Waals surface area contributed by atoms with E-state index in [2.05, 4.69) is 26.4 Å². The zero-order valence-corrected chi connectivity index (χ0v) is 23.2. The molecule has 0 aromatic carbocycles. The lowest BCUT2D eigenvalue weighted by atomic mass is 10.0. The maximum Gasteiger partial charge on any atom is 0.352 e. The van der Waals surface area contributed by atoms with Crippen LogP contribution in [0, 0.1) is 0 Å². The van der Waals surface area contributed by atoms with Gasteiger partial charge >= 0.3 is 5.97 Å². The van der Waals surface area contributed by atoms with Gasteiger partial charge in [0.25, 0.3) is 11.8 Å². The van der Waals surface area contributed by atoms with Crippen LogP contribution in [0.2, 0.25) is 0 Å². The van der Waals surface area contributed by atoms with Gasteiger partial charge in [-0.2, -0.15) is 9.36 Å². The normalized spacial score (nSPS) is 18.7. The van der Waals surface area contributed by atoms with Gasteiger partial charge in [-0.25, -0.2) is 9.36 Å². The fourth-order valence-corrected chi connectivity index (χ4v) is 5.70. The second kappa shape index (κ2) is 13.5. The molecule has 2 amide bonds. The van der Waals surface area contributed by atoms with Crippen LogP contribution in [0.1, 0.15) is 11.4 Å². The summed E-state index contributed by atoms with van der Waals surface area (Å²) < 4.78 is 16.3.